The van der Waals surface area contributed by atoms with Crippen molar-refractivity contribution < 1.29 is 0 Å². The third-order valence-corrected chi connectivity index (χ3v) is 3.28. The van der Waals surface area contributed by atoms with E-state index in [-0.39, 0.29) is 0 Å². The molecule has 3 nitrogen and oxygen atoms in total. The van der Waals surface area contributed by atoms with Crippen molar-refractivity contribution in [1.82, 2.24) is 15.0 Å². The minimum atomic E-state index is 0.932. The first-order valence-corrected chi connectivity index (χ1v) is 6.17. The Bertz CT molecular complexity index is 698. The summed E-state index contributed by atoms with van der Waals surface area (Å²) in [5, 5.41) is 2.46. The van der Waals surface area contributed by atoms with Crippen LogP contribution in [0.25, 0.3) is 22.0 Å². The molecule has 0 aliphatic heterocycles. The van der Waals surface area contributed by atoms with Crippen LogP contribution in [0, 0.1) is 6.92 Å². The van der Waals surface area contributed by atoms with Crippen LogP contribution >= 0.6 is 0 Å². The van der Waals surface area contributed by atoms with E-state index < -0.39 is 0 Å². The Hall–Kier alpha value is -2.16. The molecule has 0 spiro atoms. The smallest absolute Gasteiger partial charge is 0.103 e. The van der Waals surface area contributed by atoms with E-state index in [0.717, 1.165) is 23.5 Å². The quantitative estimate of drug-likeness (QED) is 0.741. The number of aryl methyl sites for hydroxylation is 2. The highest BCUT2D eigenvalue weighted by molar-refractivity contribution is 5.97. The molecule has 3 aromatic rings. The second kappa shape index (κ2) is 4.26. The maximum absolute atomic E-state index is 4.27. The molecule has 0 radical (unpaired) electrons. The second-order valence-electron chi connectivity index (χ2n) is 4.43. The molecule has 0 aliphatic rings. The van der Waals surface area contributed by atoms with Crippen LogP contribution in [0.4, 0.5) is 0 Å². The minimum absolute atomic E-state index is 0.932. The number of imidazole rings is 1. The summed E-state index contributed by atoms with van der Waals surface area (Å²) >= 11 is 0. The first-order chi connectivity index (χ1) is 8.79. The van der Waals surface area contributed by atoms with E-state index >= 15 is 0 Å². The third-order valence-electron chi connectivity index (χ3n) is 3.28. The molecule has 90 valence electrons. The largest absolute Gasteiger partial charge is 0.342 e. The van der Waals surface area contributed by atoms with Crippen molar-refractivity contribution in [2.24, 2.45) is 0 Å². The summed E-state index contributed by atoms with van der Waals surface area (Å²) in [7, 11) is 0. The standard InChI is InChI=1S/C15H15N3/c1-3-11-4-5-13(15-9-17-10(2)18-15)14-8-16-7-6-12(11)14/h4-9H,3H2,1-2H3,(H,17,18). The van der Waals surface area contributed by atoms with Gasteiger partial charge in [0.15, 0.2) is 0 Å². The zero-order valence-electron chi connectivity index (χ0n) is 10.6. The second-order valence-corrected chi connectivity index (χ2v) is 4.43. The van der Waals surface area contributed by atoms with Crippen LogP contribution in [-0.4, -0.2) is 15.0 Å². The first kappa shape index (κ1) is 11.0. The van der Waals surface area contributed by atoms with Gasteiger partial charge in [-0.3, -0.25) is 4.98 Å². The highest BCUT2D eigenvalue weighted by Crippen LogP contribution is 2.29. The van der Waals surface area contributed by atoms with Crippen molar-refractivity contribution >= 4 is 10.8 Å². The number of pyridine rings is 1. The van der Waals surface area contributed by atoms with Crippen molar-refractivity contribution in [1.29, 1.82) is 0 Å². The first-order valence-electron chi connectivity index (χ1n) is 6.17. The van der Waals surface area contributed by atoms with E-state index in [1.807, 2.05) is 25.5 Å². The van der Waals surface area contributed by atoms with Gasteiger partial charge in [0.2, 0.25) is 0 Å². The number of fused-ring (bicyclic) bond motifs is 1. The molecule has 0 fully saturated rings. The maximum Gasteiger partial charge on any atom is 0.103 e. The van der Waals surface area contributed by atoms with Gasteiger partial charge >= 0.3 is 0 Å². The van der Waals surface area contributed by atoms with Gasteiger partial charge in [0.1, 0.15) is 5.82 Å². The fraction of sp³-hybridized carbons (Fsp3) is 0.200. The molecule has 0 saturated heterocycles. The molecular formula is C15H15N3. The van der Waals surface area contributed by atoms with Gasteiger partial charge in [-0.05, 0) is 30.4 Å². The fourth-order valence-corrected chi connectivity index (χ4v) is 2.35. The Morgan fingerprint density at radius 3 is 2.72 bits per heavy atom. The van der Waals surface area contributed by atoms with Crippen molar-refractivity contribution in [2.45, 2.75) is 20.3 Å². The van der Waals surface area contributed by atoms with Crippen LogP contribution in [0.5, 0.6) is 0 Å². The Labute approximate surface area is 106 Å². The van der Waals surface area contributed by atoms with Crippen LogP contribution in [0.15, 0.2) is 36.8 Å². The molecule has 2 aromatic heterocycles. The lowest BCUT2D eigenvalue weighted by Crippen LogP contribution is -1.88. The molecule has 0 aliphatic carbocycles. The van der Waals surface area contributed by atoms with Crippen LogP contribution < -0.4 is 0 Å². The summed E-state index contributed by atoms with van der Waals surface area (Å²) in [4.78, 5) is 11.8. The average molecular weight is 237 g/mol. The summed E-state index contributed by atoms with van der Waals surface area (Å²) in [5.74, 6) is 0.932. The van der Waals surface area contributed by atoms with Crippen molar-refractivity contribution in [3.05, 3.63) is 48.2 Å². The minimum Gasteiger partial charge on any atom is -0.342 e. The summed E-state index contributed by atoms with van der Waals surface area (Å²) in [6.07, 6.45) is 6.69. The lowest BCUT2D eigenvalue weighted by molar-refractivity contribution is 1.15. The highest BCUT2D eigenvalue weighted by atomic mass is 14.9. The maximum atomic E-state index is 4.27. The molecule has 1 N–H and O–H groups in total. The molecule has 0 saturated carbocycles. The van der Waals surface area contributed by atoms with E-state index in [0.29, 0.717) is 0 Å². The number of nitrogens with zero attached hydrogens (tertiary/aromatic N) is 2. The molecule has 1 aromatic carbocycles. The van der Waals surface area contributed by atoms with E-state index in [1.54, 1.807) is 0 Å². The number of rotatable bonds is 2. The van der Waals surface area contributed by atoms with Crippen molar-refractivity contribution in [2.75, 3.05) is 0 Å². The van der Waals surface area contributed by atoms with E-state index in [4.69, 9.17) is 0 Å². The molecular weight excluding hydrogens is 222 g/mol. The van der Waals surface area contributed by atoms with Gasteiger partial charge in [0, 0.05) is 23.3 Å². The predicted molar refractivity (Wildman–Crippen MR) is 73.4 cm³/mol. The number of H-pyrrole nitrogens is 1. The Morgan fingerprint density at radius 1 is 1.11 bits per heavy atom. The van der Waals surface area contributed by atoms with Crippen LogP contribution in [-0.2, 0) is 6.42 Å². The molecule has 0 atom stereocenters. The van der Waals surface area contributed by atoms with E-state index in [1.165, 1.54) is 16.3 Å². The topological polar surface area (TPSA) is 41.6 Å². The molecule has 0 unspecified atom stereocenters. The number of aromatic nitrogens is 3. The average Bonchev–Trinajstić information content (AvgIpc) is 2.84. The van der Waals surface area contributed by atoms with Crippen molar-refractivity contribution in [3.8, 4) is 11.3 Å². The molecule has 0 amide bonds. The van der Waals surface area contributed by atoms with Crippen LogP contribution in [0.1, 0.15) is 18.3 Å². The highest BCUT2D eigenvalue weighted by Gasteiger charge is 2.08. The lowest BCUT2D eigenvalue weighted by atomic mass is 9.98. The van der Waals surface area contributed by atoms with Gasteiger partial charge in [-0.25, -0.2) is 4.98 Å². The van der Waals surface area contributed by atoms with Gasteiger partial charge in [-0.15, -0.1) is 0 Å². The predicted octanol–water partition coefficient (Wildman–Crippen LogP) is 3.50. The zero-order valence-corrected chi connectivity index (χ0v) is 10.6. The lowest BCUT2D eigenvalue weighted by Gasteiger charge is -2.08. The van der Waals surface area contributed by atoms with E-state index in [2.05, 4.69) is 40.1 Å². The Balaban J connectivity index is 2.31. The Kier molecular flexibility index (Phi) is 2.59. The fourth-order valence-electron chi connectivity index (χ4n) is 2.35. The van der Waals surface area contributed by atoms with Crippen LogP contribution in [0.2, 0.25) is 0 Å². The van der Waals surface area contributed by atoms with Gasteiger partial charge in [-0.2, -0.15) is 0 Å². The monoisotopic (exact) mass is 237 g/mol. The zero-order chi connectivity index (χ0) is 12.5. The van der Waals surface area contributed by atoms with E-state index in [9.17, 15) is 0 Å². The third kappa shape index (κ3) is 1.68. The Morgan fingerprint density at radius 2 is 2.00 bits per heavy atom. The molecule has 18 heavy (non-hydrogen) atoms. The molecule has 3 heteroatoms. The summed E-state index contributed by atoms with van der Waals surface area (Å²) in [6, 6.07) is 6.42. The molecule has 0 bridgehead atoms. The van der Waals surface area contributed by atoms with Crippen molar-refractivity contribution in [3.63, 3.8) is 0 Å². The number of benzene rings is 1. The normalized spacial score (nSPS) is 11.0. The number of hydrogen-bond acceptors (Lipinski definition) is 2. The van der Waals surface area contributed by atoms with Gasteiger partial charge < -0.3 is 4.98 Å². The summed E-state index contributed by atoms with van der Waals surface area (Å²) < 4.78 is 0. The van der Waals surface area contributed by atoms with Gasteiger partial charge in [-0.1, -0.05) is 19.1 Å². The summed E-state index contributed by atoms with van der Waals surface area (Å²) in [5.41, 5.74) is 3.57. The summed E-state index contributed by atoms with van der Waals surface area (Å²) in [6.45, 7) is 4.14. The number of nitrogens with one attached hydrogen (secondary N) is 1. The van der Waals surface area contributed by atoms with Gasteiger partial charge in [0.05, 0.1) is 11.9 Å². The number of aromatic amines is 1. The molecule has 2 heterocycles. The number of hydrogen-bond donors (Lipinski definition) is 1. The van der Waals surface area contributed by atoms with Gasteiger partial charge in [0.25, 0.3) is 0 Å². The SMILES string of the molecule is CCc1ccc(-c2cnc(C)[nH]2)c2cnccc12. The molecule has 3 rings (SSSR count). The van der Waals surface area contributed by atoms with Crippen LogP contribution in [0.3, 0.4) is 0 Å².